The summed E-state index contributed by atoms with van der Waals surface area (Å²) in [5.74, 6) is 1.40. The summed E-state index contributed by atoms with van der Waals surface area (Å²) in [7, 11) is 3.11. The standard InChI is InChI=1S/C17H26N2O4/c1-22-13-6-12(7-14(8-13)23-2)16(20)10-19-17(21)15-5-3-4-11(15)9-18/h6-8,11,15-16,20H,3-5,9-10,18H2,1-2H3,(H,19,21)/t11-,15-,16?/m1/s1. The number of amides is 1. The fraction of sp³-hybridized carbons (Fsp3) is 0.588. The predicted octanol–water partition coefficient (Wildman–Crippen LogP) is 1.23. The number of ether oxygens (including phenoxy) is 2. The molecule has 6 nitrogen and oxygen atoms in total. The quantitative estimate of drug-likeness (QED) is 0.702. The molecular formula is C17H26N2O4. The van der Waals surface area contributed by atoms with E-state index in [1.807, 2.05) is 0 Å². The Hall–Kier alpha value is -1.79. The zero-order chi connectivity index (χ0) is 16.8. The third-order valence-electron chi connectivity index (χ3n) is 4.53. The molecule has 1 unspecified atom stereocenters. The van der Waals surface area contributed by atoms with Gasteiger partial charge in [-0.15, -0.1) is 0 Å². The molecule has 0 radical (unpaired) electrons. The Kier molecular flexibility index (Phi) is 6.24. The molecule has 6 heteroatoms. The van der Waals surface area contributed by atoms with Crippen molar-refractivity contribution in [2.24, 2.45) is 17.6 Å². The van der Waals surface area contributed by atoms with E-state index in [2.05, 4.69) is 5.32 Å². The first-order chi connectivity index (χ1) is 11.1. The number of hydrogen-bond donors (Lipinski definition) is 3. The van der Waals surface area contributed by atoms with Crippen molar-refractivity contribution < 1.29 is 19.4 Å². The fourth-order valence-corrected chi connectivity index (χ4v) is 3.13. The van der Waals surface area contributed by atoms with Crippen LogP contribution in [0.3, 0.4) is 0 Å². The van der Waals surface area contributed by atoms with Gasteiger partial charge in [0.15, 0.2) is 0 Å². The second kappa shape index (κ2) is 8.17. The smallest absolute Gasteiger partial charge is 0.223 e. The molecule has 4 N–H and O–H groups in total. The van der Waals surface area contributed by atoms with Crippen molar-refractivity contribution in [3.05, 3.63) is 23.8 Å². The number of carbonyl (C=O) groups is 1. The van der Waals surface area contributed by atoms with Gasteiger partial charge < -0.3 is 25.6 Å². The molecule has 0 spiro atoms. The molecule has 0 aromatic heterocycles. The monoisotopic (exact) mass is 322 g/mol. The van der Waals surface area contributed by atoms with Crippen LogP contribution in [0.25, 0.3) is 0 Å². The lowest BCUT2D eigenvalue weighted by atomic mass is 9.95. The lowest BCUT2D eigenvalue weighted by Crippen LogP contribution is -2.37. The van der Waals surface area contributed by atoms with Crippen molar-refractivity contribution in [1.29, 1.82) is 0 Å². The van der Waals surface area contributed by atoms with Crippen LogP contribution in [0.1, 0.15) is 30.9 Å². The van der Waals surface area contributed by atoms with E-state index in [9.17, 15) is 9.90 Å². The van der Waals surface area contributed by atoms with Gasteiger partial charge in [-0.2, -0.15) is 0 Å². The molecule has 1 saturated carbocycles. The molecule has 1 aliphatic rings. The van der Waals surface area contributed by atoms with E-state index in [0.29, 0.717) is 23.6 Å². The molecule has 128 valence electrons. The third kappa shape index (κ3) is 4.36. The van der Waals surface area contributed by atoms with E-state index in [-0.39, 0.29) is 24.3 Å². The van der Waals surface area contributed by atoms with Gasteiger partial charge in [-0.3, -0.25) is 4.79 Å². The Morgan fingerprint density at radius 3 is 2.52 bits per heavy atom. The van der Waals surface area contributed by atoms with E-state index < -0.39 is 6.10 Å². The molecule has 1 amide bonds. The van der Waals surface area contributed by atoms with E-state index in [4.69, 9.17) is 15.2 Å². The van der Waals surface area contributed by atoms with Crippen LogP contribution in [0, 0.1) is 11.8 Å². The number of nitrogens with one attached hydrogen (secondary N) is 1. The molecule has 3 atom stereocenters. The summed E-state index contributed by atoms with van der Waals surface area (Å²) >= 11 is 0. The molecule has 2 rings (SSSR count). The number of aliphatic hydroxyl groups is 1. The highest BCUT2D eigenvalue weighted by Gasteiger charge is 2.31. The topological polar surface area (TPSA) is 93.8 Å². The van der Waals surface area contributed by atoms with Crippen LogP contribution in [-0.4, -0.2) is 38.3 Å². The summed E-state index contributed by atoms with van der Waals surface area (Å²) in [6, 6.07) is 5.20. The van der Waals surface area contributed by atoms with Gasteiger partial charge in [0.25, 0.3) is 0 Å². The molecule has 1 aromatic carbocycles. The summed E-state index contributed by atoms with van der Waals surface area (Å²) in [4.78, 5) is 12.3. The lowest BCUT2D eigenvalue weighted by Gasteiger charge is -2.19. The molecule has 0 heterocycles. The highest BCUT2D eigenvalue weighted by Crippen LogP contribution is 2.31. The molecule has 1 aromatic rings. The number of hydrogen-bond acceptors (Lipinski definition) is 5. The second-order valence-corrected chi connectivity index (χ2v) is 5.94. The average molecular weight is 322 g/mol. The van der Waals surface area contributed by atoms with E-state index >= 15 is 0 Å². The average Bonchev–Trinajstić information content (AvgIpc) is 3.07. The Bertz CT molecular complexity index is 513. The summed E-state index contributed by atoms with van der Waals surface area (Å²) in [6.45, 7) is 0.691. The van der Waals surface area contributed by atoms with Gasteiger partial charge >= 0.3 is 0 Å². The first kappa shape index (κ1) is 17.6. The number of aliphatic hydroxyl groups excluding tert-OH is 1. The van der Waals surface area contributed by atoms with Crippen molar-refractivity contribution in [3.63, 3.8) is 0 Å². The highest BCUT2D eigenvalue weighted by molar-refractivity contribution is 5.79. The van der Waals surface area contributed by atoms with Gasteiger partial charge in [0, 0.05) is 18.5 Å². The maximum atomic E-state index is 12.3. The van der Waals surface area contributed by atoms with Gasteiger partial charge in [0.05, 0.1) is 20.3 Å². The highest BCUT2D eigenvalue weighted by atomic mass is 16.5. The first-order valence-corrected chi connectivity index (χ1v) is 7.97. The molecule has 0 saturated heterocycles. The minimum Gasteiger partial charge on any atom is -0.497 e. The van der Waals surface area contributed by atoms with Gasteiger partial charge in [-0.25, -0.2) is 0 Å². The van der Waals surface area contributed by atoms with Crippen molar-refractivity contribution in [3.8, 4) is 11.5 Å². The SMILES string of the molecule is COc1cc(OC)cc(C(O)CNC(=O)[C@@H]2CCC[C@@H]2CN)c1. The maximum Gasteiger partial charge on any atom is 0.223 e. The normalized spacial score (nSPS) is 21.7. The number of nitrogens with two attached hydrogens (primary N) is 1. The van der Waals surface area contributed by atoms with Crippen molar-refractivity contribution in [2.45, 2.75) is 25.4 Å². The largest absolute Gasteiger partial charge is 0.497 e. The molecule has 0 bridgehead atoms. The van der Waals surface area contributed by atoms with Crippen LogP contribution in [0.15, 0.2) is 18.2 Å². The number of rotatable bonds is 7. The summed E-state index contributed by atoms with van der Waals surface area (Å²) in [5, 5.41) is 13.2. The predicted molar refractivity (Wildman–Crippen MR) is 87.4 cm³/mol. The zero-order valence-electron chi connectivity index (χ0n) is 13.7. The van der Waals surface area contributed by atoms with E-state index in [0.717, 1.165) is 19.3 Å². The lowest BCUT2D eigenvalue weighted by molar-refractivity contribution is -0.126. The number of benzene rings is 1. The molecular weight excluding hydrogens is 296 g/mol. The Balaban J connectivity index is 1.96. The van der Waals surface area contributed by atoms with Gasteiger partial charge in [0.2, 0.25) is 5.91 Å². The van der Waals surface area contributed by atoms with Crippen molar-refractivity contribution in [1.82, 2.24) is 5.32 Å². The van der Waals surface area contributed by atoms with Crippen molar-refractivity contribution >= 4 is 5.91 Å². The zero-order valence-corrected chi connectivity index (χ0v) is 13.7. The Morgan fingerprint density at radius 1 is 1.30 bits per heavy atom. The Morgan fingerprint density at radius 2 is 1.96 bits per heavy atom. The van der Waals surface area contributed by atoms with Crippen LogP contribution >= 0.6 is 0 Å². The summed E-state index contributed by atoms with van der Waals surface area (Å²) in [5.41, 5.74) is 6.36. The summed E-state index contributed by atoms with van der Waals surface area (Å²) in [6.07, 6.45) is 2.09. The minimum atomic E-state index is -0.819. The maximum absolute atomic E-state index is 12.3. The number of carbonyl (C=O) groups excluding carboxylic acids is 1. The van der Waals surface area contributed by atoms with E-state index in [1.54, 1.807) is 32.4 Å². The summed E-state index contributed by atoms with van der Waals surface area (Å²) < 4.78 is 10.4. The van der Waals surface area contributed by atoms with Gasteiger partial charge in [0.1, 0.15) is 11.5 Å². The first-order valence-electron chi connectivity index (χ1n) is 7.97. The van der Waals surface area contributed by atoms with Gasteiger partial charge in [-0.05, 0) is 43.0 Å². The molecule has 0 aliphatic heterocycles. The third-order valence-corrected chi connectivity index (χ3v) is 4.53. The second-order valence-electron chi connectivity index (χ2n) is 5.94. The minimum absolute atomic E-state index is 0.0214. The fourth-order valence-electron chi connectivity index (χ4n) is 3.13. The number of methoxy groups -OCH3 is 2. The van der Waals surface area contributed by atoms with Crippen LogP contribution in [0.4, 0.5) is 0 Å². The van der Waals surface area contributed by atoms with Crippen LogP contribution in [0.2, 0.25) is 0 Å². The Labute approximate surface area is 137 Å². The van der Waals surface area contributed by atoms with Crippen LogP contribution in [-0.2, 0) is 4.79 Å². The molecule has 1 aliphatic carbocycles. The van der Waals surface area contributed by atoms with Crippen LogP contribution < -0.4 is 20.5 Å². The molecule has 23 heavy (non-hydrogen) atoms. The van der Waals surface area contributed by atoms with Crippen molar-refractivity contribution in [2.75, 3.05) is 27.3 Å². The molecule has 1 fully saturated rings. The van der Waals surface area contributed by atoms with Crippen LogP contribution in [0.5, 0.6) is 11.5 Å². The van der Waals surface area contributed by atoms with E-state index in [1.165, 1.54) is 0 Å². The van der Waals surface area contributed by atoms with Gasteiger partial charge in [-0.1, -0.05) is 6.42 Å².